The fraction of sp³-hybridized carbons (Fsp3) is 0.346. The molecule has 2 atom stereocenters. The van der Waals surface area contributed by atoms with Crippen LogP contribution in [-0.2, 0) is 29.5 Å². The van der Waals surface area contributed by atoms with Gasteiger partial charge in [0.25, 0.3) is 5.16 Å². The topological polar surface area (TPSA) is 113 Å². The van der Waals surface area contributed by atoms with Crippen LogP contribution in [0.5, 0.6) is 0 Å². The summed E-state index contributed by atoms with van der Waals surface area (Å²) < 4.78 is 82.7. The lowest BCUT2D eigenvalue weighted by molar-refractivity contribution is -0.134. The number of thiazole rings is 1. The van der Waals surface area contributed by atoms with Crippen LogP contribution in [0.2, 0.25) is 0 Å². The Morgan fingerprint density at radius 3 is 2.59 bits per heavy atom. The fourth-order valence-electron chi connectivity index (χ4n) is 5.70. The van der Waals surface area contributed by atoms with Gasteiger partial charge in [-0.25, -0.2) is 27.5 Å². The summed E-state index contributed by atoms with van der Waals surface area (Å²) in [5.74, 6) is -1.79. The molecule has 0 spiro atoms. The molecule has 41 heavy (non-hydrogen) atoms. The lowest BCUT2D eigenvalue weighted by atomic mass is 9.60. The van der Waals surface area contributed by atoms with Gasteiger partial charge in [-0.05, 0) is 67.5 Å². The standard InChI is InChI=1S/C26H22F4N6O3S2/c1-35-14-32-24(34-35)41(38,39)13-15-2-3-17-8-20-16(11-33-36(20)19-6-4-18(27)5-7-19)10-25(17,9-15)22(37)23-31-12-21(40-23)26(28,29)30/h4-8,11-12,14-15H,2-3,9-10,13H2,1H3/t15-,25+/m0/s1. The van der Waals surface area contributed by atoms with Gasteiger partial charge >= 0.3 is 6.18 Å². The Bertz CT molecular complexity index is 1790. The second-order valence-electron chi connectivity index (χ2n) is 10.3. The molecule has 1 fully saturated rings. The molecule has 1 aromatic carbocycles. The molecular weight excluding hydrogens is 584 g/mol. The number of nitrogens with zero attached hydrogens (tertiary/aromatic N) is 6. The number of sulfone groups is 1. The molecule has 0 unspecified atom stereocenters. The molecule has 15 heteroatoms. The van der Waals surface area contributed by atoms with Gasteiger partial charge in [-0.15, -0.1) is 16.4 Å². The van der Waals surface area contributed by atoms with E-state index >= 15 is 0 Å². The number of rotatable bonds is 6. The van der Waals surface area contributed by atoms with E-state index in [0.29, 0.717) is 41.6 Å². The number of ketones is 1. The highest BCUT2D eigenvalue weighted by atomic mass is 32.2. The SMILES string of the molecule is Cn1cnc(S(=O)(=O)C[C@H]2CCC3=Cc4c(cnn4-c4ccc(F)cc4)C[C@]3(C(=O)c3ncc(C(F)(F)F)s3)C2)n1. The average molecular weight is 607 g/mol. The largest absolute Gasteiger partial charge is 0.427 e. The fourth-order valence-corrected chi connectivity index (χ4v) is 8.04. The molecule has 3 heterocycles. The molecule has 2 aliphatic rings. The third-order valence-electron chi connectivity index (χ3n) is 7.56. The van der Waals surface area contributed by atoms with E-state index in [1.807, 2.05) is 0 Å². The molecular formula is C26H22F4N6O3S2. The Balaban J connectivity index is 1.40. The molecule has 0 N–H and O–H groups in total. The van der Waals surface area contributed by atoms with Crippen molar-refractivity contribution in [2.45, 2.75) is 37.0 Å². The first-order chi connectivity index (χ1) is 19.4. The van der Waals surface area contributed by atoms with Crippen molar-refractivity contribution >= 4 is 33.0 Å². The van der Waals surface area contributed by atoms with Gasteiger partial charge in [-0.1, -0.05) is 5.57 Å². The number of alkyl halides is 3. The number of allylic oxidation sites excluding steroid dienone is 1. The Morgan fingerprint density at radius 2 is 1.93 bits per heavy atom. The third kappa shape index (κ3) is 4.90. The second kappa shape index (κ2) is 9.69. The minimum atomic E-state index is -4.65. The molecule has 3 aromatic heterocycles. The molecule has 2 aliphatic carbocycles. The van der Waals surface area contributed by atoms with Crippen molar-refractivity contribution in [3.05, 3.63) is 75.5 Å². The third-order valence-corrected chi connectivity index (χ3v) is 10.3. The Hall–Kier alpha value is -3.72. The van der Waals surface area contributed by atoms with E-state index in [2.05, 4.69) is 20.2 Å². The summed E-state index contributed by atoms with van der Waals surface area (Å²) in [6, 6.07) is 5.73. The second-order valence-corrected chi connectivity index (χ2v) is 13.3. The van der Waals surface area contributed by atoms with Gasteiger partial charge in [-0.3, -0.25) is 9.48 Å². The highest BCUT2D eigenvalue weighted by Gasteiger charge is 2.51. The summed E-state index contributed by atoms with van der Waals surface area (Å²) >= 11 is 0.281. The van der Waals surface area contributed by atoms with E-state index in [1.165, 1.54) is 23.1 Å². The van der Waals surface area contributed by atoms with Crippen LogP contribution in [0.25, 0.3) is 11.8 Å². The van der Waals surface area contributed by atoms with Crippen molar-refractivity contribution in [1.82, 2.24) is 29.5 Å². The Kier molecular flexibility index (Phi) is 6.48. The summed E-state index contributed by atoms with van der Waals surface area (Å²) in [7, 11) is -2.34. The maximum atomic E-state index is 14.1. The predicted molar refractivity (Wildman–Crippen MR) is 139 cm³/mol. The van der Waals surface area contributed by atoms with Crippen LogP contribution in [0, 0.1) is 17.2 Å². The molecule has 9 nitrogen and oxygen atoms in total. The molecule has 0 saturated heterocycles. The lowest BCUT2D eigenvalue weighted by Crippen LogP contribution is -2.43. The summed E-state index contributed by atoms with van der Waals surface area (Å²) in [5, 5.41) is 7.75. The summed E-state index contributed by atoms with van der Waals surface area (Å²) in [6.07, 6.45) is 1.61. The van der Waals surface area contributed by atoms with Crippen LogP contribution in [0.1, 0.15) is 45.2 Å². The van der Waals surface area contributed by atoms with Crippen molar-refractivity contribution in [1.29, 1.82) is 0 Å². The number of benzene rings is 1. The number of aromatic nitrogens is 6. The predicted octanol–water partition coefficient (Wildman–Crippen LogP) is 4.70. The molecule has 6 rings (SSSR count). The van der Waals surface area contributed by atoms with Crippen molar-refractivity contribution in [3.63, 3.8) is 0 Å². The molecule has 0 amide bonds. The van der Waals surface area contributed by atoms with E-state index in [4.69, 9.17) is 0 Å². The van der Waals surface area contributed by atoms with Crippen LogP contribution in [0.4, 0.5) is 17.6 Å². The van der Waals surface area contributed by atoms with Gasteiger partial charge in [0.2, 0.25) is 15.6 Å². The zero-order valence-electron chi connectivity index (χ0n) is 21.5. The van der Waals surface area contributed by atoms with Crippen LogP contribution >= 0.6 is 11.3 Å². The minimum Gasteiger partial charge on any atom is -0.290 e. The minimum absolute atomic E-state index is 0.0891. The molecule has 0 bridgehead atoms. The van der Waals surface area contributed by atoms with Crippen molar-refractivity contribution in [2.24, 2.45) is 18.4 Å². The van der Waals surface area contributed by atoms with Crippen LogP contribution in [0.15, 0.2) is 53.7 Å². The van der Waals surface area contributed by atoms with E-state index in [1.54, 1.807) is 36.1 Å². The van der Waals surface area contributed by atoms with Gasteiger partial charge in [0, 0.05) is 7.05 Å². The number of Topliss-reactive ketones (excluding diaryl/α,β-unsaturated/α-hetero) is 1. The van der Waals surface area contributed by atoms with E-state index in [9.17, 15) is 30.8 Å². The first kappa shape index (κ1) is 27.4. The first-order valence-electron chi connectivity index (χ1n) is 12.6. The van der Waals surface area contributed by atoms with Crippen molar-refractivity contribution < 1.29 is 30.8 Å². The van der Waals surface area contributed by atoms with Gasteiger partial charge in [0.1, 0.15) is 17.0 Å². The summed E-state index contributed by atoms with van der Waals surface area (Å²) in [6.45, 7) is 0. The number of fused-ring (bicyclic) bond motifs is 2. The zero-order valence-corrected chi connectivity index (χ0v) is 23.1. The van der Waals surface area contributed by atoms with E-state index in [-0.39, 0.29) is 40.1 Å². The van der Waals surface area contributed by atoms with Crippen LogP contribution in [0.3, 0.4) is 0 Å². The van der Waals surface area contributed by atoms with Gasteiger partial charge in [-0.2, -0.15) is 18.3 Å². The maximum absolute atomic E-state index is 14.1. The molecule has 0 radical (unpaired) electrons. The van der Waals surface area contributed by atoms with Gasteiger partial charge < -0.3 is 0 Å². The number of hydrogen-bond donors (Lipinski definition) is 0. The Labute approximate surface area is 235 Å². The summed E-state index contributed by atoms with van der Waals surface area (Å²) in [4.78, 5) is 20.8. The number of halogens is 4. The number of aryl methyl sites for hydroxylation is 1. The molecule has 214 valence electrons. The van der Waals surface area contributed by atoms with Crippen LogP contribution in [-0.4, -0.2) is 49.5 Å². The first-order valence-corrected chi connectivity index (χ1v) is 15.0. The number of carbonyl (C=O) groups excluding carboxylic acids is 1. The monoisotopic (exact) mass is 606 g/mol. The zero-order chi connectivity index (χ0) is 29.2. The van der Waals surface area contributed by atoms with Gasteiger partial charge in [0.05, 0.1) is 34.9 Å². The van der Waals surface area contributed by atoms with E-state index in [0.717, 1.165) is 0 Å². The normalized spacial score (nSPS) is 20.8. The smallest absolute Gasteiger partial charge is 0.290 e. The average Bonchev–Trinajstić information content (AvgIpc) is 3.67. The van der Waals surface area contributed by atoms with Crippen molar-refractivity contribution in [3.8, 4) is 5.69 Å². The lowest BCUT2D eigenvalue weighted by Gasteiger charge is -2.43. The molecule has 1 saturated carbocycles. The van der Waals surface area contributed by atoms with Gasteiger partial charge in [0.15, 0.2) is 5.01 Å². The number of hydrogen-bond acceptors (Lipinski definition) is 8. The quantitative estimate of drug-likeness (QED) is 0.231. The molecule has 0 aliphatic heterocycles. The highest BCUT2D eigenvalue weighted by molar-refractivity contribution is 7.91. The van der Waals surface area contributed by atoms with Crippen LogP contribution < -0.4 is 0 Å². The molecule has 4 aromatic rings. The maximum Gasteiger partial charge on any atom is 0.427 e. The van der Waals surface area contributed by atoms with Crippen molar-refractivity contribution in [2.75, 3.05) is 5.75 Å². The Morgan fingerprint density at radius 1 is 1.17 bits per heavy atom. The summed E-state index contributed by atoms with van der Waals surface area (Å²) in [5.41, 5.74) is 1.30. The van der Waals surface area contributed by atoms with E-state index < -0.39 is 43.8 Å². The highest BCUT2D eigenvalue weighted by Crippen LogP contribution is 2.52. The number of carbonyl (C=O) groups is 1.